The SMILES string of the molecule is CC(C)[C@H](CC(=O)CCOCCOCCOCCOCCCC(=O)CCN1C(=O)C=CC1=O)C(=O)N[C@@H](C)C(=O)CCCCN(C(=O)CO)[C@@H](c1nc(-c2cc(F)ccc2F)cn1Cc1ccccc1)C(C)(C)C. The van der Waals surface area contributed by atoms with Crippen LogP contribution < -0.4 is 5.32 Å². The van der Waals surface area contributed by atoms with Crippen molar-refractivity contribution in [2.75, 3.05) is 72.6 Å². The van der Waals surface area contributed by atoms with Crippen LogP contribution >= 0.6 is 0 Å². The van der Waals surface area contributed by atoms with Crippen molar-refractivity contribution in [3.63, 3.8) is 0 Å². The molecular formula is C55H75F2N5O12. The van der Waals surface area contributed by atoms with Gasteiger partial charge in [-0.05, 0) is 61.3 Å². The van der Waals surface area contributed by atoms with Crippen molar-refractivity contribution in [2.24, 2.45) is 17.3 Å². The van der Waals surface area contributed by atoms with Gasteiger partial charge >= 0.3 is 0 Å². The molecule has 0 saturated heterocycles. The molecule has 2 aromatic carbocycles. The summed E-state index contributed by atoms with van der Waals surface area (Å²) in [6.07, 6.45) is 5.86. The Morgan fingerprint density at radius 3 is 1.99 bits per heavy atom. The van der Waals surface area contributed by atoms with Gasteiger partial charge in [-0.1, -0.05) is 65.0 Å². The third-order valence-corrected chi connectivity index (χ3v) is 12.4. The standard InChI is InChI=1S/C55H75F2N5O12/c1-38(2)44(34-43(65)22-26-72-28-30-74-32-31-73-29-27-71-25-12-15-42(64)21-24-61-49(67)19-20-50(61)68)54(70)58-39(3)48(66)16-10-11-23-62(51(69)37-63)52(55(4,5)6)53-59-47(45-33-41(56)17-18-46(45)57)36-60(53)35-40-13-8-7-9-14-40/h7-9,13-14,17-20,33,36,38-39,44,52,63H,10-12,15-16,21-32,34-35,37H2,1-6H3,(H,58,70)/t39-,44-,52-/m0/s1. The van der Waals surface area contributed by atoms with Crippen molar-refractivity contribution in [1.82, 2.24) is 24.7 Å². The van der Waals surface area contributed by atoms with E-state index in [-0.39, 0.29) is 86.5 Å². The molecule has 3 atom stereocenters. The number of ketones is 3. The van der Waals surface area contributed by atoms with Crippen molar-refractivity contribution in [3.8, 4) is 11.3 Å². The van der Waals surface area contributed by atoms with Gasteiger partial charge in [0.25, 0.3) is 11.8 Å². The van der Waals surface area contributed by atoms with Crippen molar-refractivity contribution in [3.05, 3.63) is 89.9 Å². The number of unbranched alkanes of at least 4 members (excludes halogenated alkanes) is 1. The summed E-state index contributed by atoms with van der Waals surface area (Å²) < 4.78 is 53.3. The van der Waals surface area contributed by atoms with Gasteiger partial charge in [0.2, 0.25) is 11.8 Å². The largest absolute Gasteiger partial charge is 0.387 e. The molecule has 4 amide bonds. The summed E-state index contributed by atoms with van der Waals surface area (Å²) in [7, 11) is 0. The number of rotatable bonds is 36. The van der Waals surface area contributed by atoms with Gasteiger partial charge in [0.1, 0.15) is 35.6 Å². The van der Waals surface area contributed by atoms with E-state index < -0.39 is 65.3 Å². The quantitative estimate of drug-likeness (QED) is 0.0479. The summed E-state index contributed by atoms with van der Waals surface area (Å²) in [6, 6.07) is 11.1. The smallest absolute Gasteiger partial charge is 0.253 e. The van der Waals surface area contributed by atoms with Gasteiger partial charge in [0.15, 0.2) is 5.78 Å². The number of Topliss-reactive ketones (excluding diaryl/α,β-unsaturated/α-hetero) is 3. The lowest BCUT2D eigenvalue weighted by Gasteiger charge is -2.40. The second-order valence-electron chi connectivity index (χ2n) is 19.7. The van der Waals surface area contributed by atoms with E-state index >= 15 is 4.39 Å². The summed E-state index contributed by atoms with van der Waals surface area (Å²) in [4.78, 5) is 95.8. The number of amides is 4. The Morgan fingerprint density at radius 1 is 0.757 bits per heavy atom. The van der Waals surface area contributed by atoms with Gasteiger partial charge in [-0.25, -0.2) is 13.8 Å². The molecule has 0 unspecified atom stereocenters. The Bertz CT molecular complexity index is 2330. The number of carbonyl (C=O) groups is 7. The molecule has 2 N–H and O–H groups in total. The summed E-state index contributed by atoms with van der Waals surface area (Å²) >= 11 is 0. The summed E-state index contributed by atoms with van der Waals surface area (Å²) in [6.45, 7) is 13.3. The maximum atomic E-state index is 15.1. The van der Waals surface area contributed by atoms with E-state index in [0.717, 1.165) is 28.7 Å². The number of aromatic nitrogens is 2. The highest BCUT2D eigenvalue weighted by molar-refractivity contribution is 6.13. The van der Waals surface area contributed by atoms with Crippen LogP contribution in [0.2, 0.25) is 0 Å². The van der Waals surface area contributed by atoms with Crippen molar-refractivity contribution in [2.45, 2.75) is 112 Å². The number of benzene rings is 2. The maximum Gasteiger partial charge on any atom is 0.253 e. The van der Waals surface area contributed by atoms with E-state index in [1.807, 2.05) is 69.5 Å². The van der Waals surface area contributed by atoms with Crippen LogP contribution in [0.15, 0.2) is 66.9 Å². The zero-order valence-electron chi connectivity index (χ0n) is 43.8. The average Bonchev–Trinajstić information content (AvgIpc) is 3.91. The zero-order valence-corrected chi connectivity index (χ0v) is 43.8. The number of halogens is 2. The first-order chi connectivity index (χ1) is 35.3. The molecule has 1 aliphatic rings. The molecule has 74 heavy (non-hydrogen) atoms. The summed E-state index contributed by atoms with van der Waals surface area (Å²) in [5.41, 5.74) is 0.396. The molecule has 0 radical (unpaired) electrons. The van der Waals surface area contributed by atoms with Crippen LogP contribution in [0.25, 0.3) is 11.3 Å². The van der Waals surface area contributed by atoms with E-state index in [0.29, 0.717) is 77.7 Å². The van der Waals surface area contributed by atoms with Crippen LogP contribution in [0.5, 0.6) is 0 Å². The van der Waals surface area contributed by atoms with E-state index in [1.54, 1.807) is 13.1 Å². The molecule has 3 aromatic rings. The Balaban J connectivity index is 1.14. The van der Waals surface area contributed by atoms with Gasteiger partial charge in [-0.3, -0.25) is 38.5 Å². The highest BCUT2D eigenvalue weighted by Gasteiger charge is 2.38. The number of nitrogens with zero attached hydrogens (tertiary/aromatic N) is 4. The number of hydrogen-bond donors (Lipinski definition) is 2. The first-order valence-corrected chi connectivity index (χ1v) is 25.5. The predicted molar refractivity (Wildman–Crippen MR) is 271 cm³/mol. The molecule has 406 valence electrons. The molecule has 1 aromatic heterocycles. The molecule has 17 nitrogen and oxygen atoms in total. The zero-order chi connectivity index (χ0) is 54.2. The van der Waals surface area contributed by atoms with Crippen LogP contribution in [0, 0.1) is 28.9 Å². The van der Waals surface area contributed by atoms with Crippen LogP contribution in [-0.4, -0.2) is 144 Å². The number of aliphatic hydroxyl groups is 1. The maximum absolute atomic E-state index is 15.1. The average molecular weight is 1040 g/mol. The second-order valence-corrected chi connectivity index (χ2v) is 19.7. The fraction of sp³-hybridized carbons (Fsp3) is 0.564. The molecule has 4 rings (SSSR count). The van der Waals surface area contributed by atoms with E-state index in [4.69, 9.17) is 23.9 Å². The van der Waals surface area contributed by atoms with E-state index in [1.165, 1.54) is 17.1 Å². The lowest BCUT2D eigenvalue weighted by atomic mass is 9.84. The van der Waals surface area contributed by atoms with Crippen molar-refractivity contribution in [1.29, 1.82) is 0 Å². The highest BCUT2D eigenvalue weighted by Crippen LogP contribution is 2.40. The van der Waals surface area contributed by atoms with E-state index in [2.05, 4.69) is 5.32 Å². The summed E-state index contributed by atoms with van der Waals surface area (Å²) in [5, 5.41) is 13.0. The van der Waals surface area contributed by atoms with Gasteiger partial charge in [0.05, 0.1) is 64.0 Å². The summed E-state index contributed by atoms with van der Waals surface area (Å²) in [5.74, 6) is -3.91. The van der Waals surface area contributed by atoms with Crippen LogP contribution in [0.4, 0.5) is 8.78 Å². The van der Waals surface area contributed by atoms with Crippen LogP contribution in [-0.2, 0) is 59.1 Å². The first kappa shape index (κ1) is 60.7. The molecule has 0 aliphatic carbocycles. The number of aliphatic hydroxyl groups excluding tert-OH is 1. The second kappa shape index (κ2) is 31.1. The number of hydrogen-bond acceptors (Lipinski definition) is 13. The third-order valence-electron chi connectivity index (χ3n) is 12.4. The van der Waals surface area contributed by atoms with Gasteiger partial charge in [0, 0.05) is 88.2 Å². The molecule has 0 bridgehead atoms. The van der Waals surface area contributed by atoms with Gasteiger partial charge < -0.3 is 38.8 Å². The van der Waals surface area contributed by atoms with Crippen LogP contribution in [0.3, 0.4) is 0 Å². The Hall–Kier alpha value is -5.86. The lowest BCUT2D eigenvalue weighted by molar-refractivity contribution is -0.140. The lowest BCUT2D eigenvalue weighted by Crippen LogP contribution is -2.44. The van der Waals surface area contributed by atoms with Gasteiger partial charge in [-0.15, -0.1) is 0 Å². The molecule has 0 fully saturated rings. The molecule has 19 heteroatoms. The minimum Gasteiger partial charge on any atom is -0.387 e. The van der Waals surface area contributed by atoms with Crippen molar-refractivity contribution >= 4 is 41.0 Å². The molecule has 2 heterocycles. The fourth-order valence-electron chi connectivity index (χ4n) is 8.37. The molecule has 0 saturated carbocycles. The predicted octanol–water partition coefficient (Wildman–Crippen LogP) is 6.38. The Morgan fingerprint density at radius 2 is 1.38 bits per heavy atom. The Labute approximate surface area is 433 Å². The molecule has 0 spiro atoms. The number of imide groups is 1. The first-order valence-electron chi connectivity index (χ1n) is 25.5. The minimum absolute atomic E-state index is 0.0152. The van der Waals surface area contributed by atoms with Gasteiger partial charge in [-0.2, -0.15) is 0 Å². The molecule has 1 aliphatic heterocycles. The molecular weight excluding hydrogens is 961 g/mol. The van der Waals surface area contributed by atoms with Crippen LogP contribution in [0.1, 0.15) is 110 Å². The van der Waals surface area contributed by atoms with Crippen molar-refractivity contribution < 1.29 is 66.4 Å². The van der Waals surface area contributed by atoms with E-state index in [9.17, 15) is 43.1 Å². The third kappa shape index (κ3) is 20.1. The number of nitrogens with one attached hydrogen (secondary N) is 1. The number of carbonyl (C=O) groups excluding carboxylic acids is 7. The number of ether oxygens (including phenoxy) is 4. The highest BCUT2D eigenvalue weighted by atomic mass is 19.1. The topological polar surface area (TPSA) is 213 Å². The monoisotopic (exact) mass is 1040 g/mol. The Kier molecular flexibility index (Phi) is 25.5. The minimum atomic E-state index is -0.834. The fourth-order valence-corrected chi connectivity index (χ4v) is 8.37. The normalized spacial score (nSPS) is 13.9. The number of imidazole rings is 1.